The van der Waals surface area contributed by atoms with Gasteiger partial charge >= 0.3 is 0 Å². The van der Waals surface area contributed by atoms with Gasteiger partial charge in [-0.2, -0.15) is 0 Å². The third kappa shape index (κ3) is 2.80. The second-order valence-electron chi connectivity index (χ2n) is 3.34. The van der Waals surface area contributed by atoms with Crippen LogP contribution in [0.15, 0.2) is 36.9 Å². The van der Waals surface area contributed by atoms with Gasteiger partial charge in [0.25, 0.3) is 0 Å². The van der Waals surface area contributed by atoms with Crippen molar-refractivity contribution < 1.29 is 9.18 Å². The molecular weight excluding hydrogens is 179 g/mol. The molecule has 0 fully saturated rings. The topological polar surface area (TPSA) is 17.1 Å². The lowest BCUT2D eigenvalue weighted by molar-refractivity contribution is -0.117. The van der Waals surface area contributed by atoms with Gasteiger partial charge in [-0.25, -0.2) is 4.39 Å². The molecule has 0 saturated heterocycles. The third-order valence-electron chi connectivity index (χ3n) is 2.12. The average molecular weight is 192 g/mol. The van der Waals surface area contributed by atoms with Gasteiger partial charge in [0.05, 0.1) is 0 Å². The fourth-order valence-corrected chi connectivity index (χ4v) is 1.32. The van der Waals surface area contributed by atoms with Crippen LogP contribution >= 0.6 is 0 Å². The lowest BCUT2D eigenvalue weighted by atomic mass is 9.97. The van der Waals surface area contributed by atoms with Crippen molar-refractivity contribution in [1.82, 2.24) is 0 Å². The Hall–Kier alpha value is -1.44. The van der Waals surface area contributed by atoms with E-state index in [9.17, 15) is 9.18 Å². The molecule has 0 aliphatic carbocycles. The van der Waals surface area contributed by atoms with Gasteiger partial charge in [0.1, 0.15) is 5.82 Å². The highest BCUT2D eigenvalue weighted by molar-refractivity contribution is 5.91. The zero-order chi connectivity index (χ0) is 10.6. The fraction of sp³-hybridized carbons (Fsp3) is 0.250. The van der Waals surface area contributed by atoms with Gasteiger partial charge in [-0.15, -0.1) is 0 Å². The van der Waals surface area contributed by atoms with Crippen molar-refractivity contribution in [2.45, 2.75) is 13.3 Å². The van der Waals surface area contributed by atoms with E-state index in [1.54, 1.807) is 6.07 Å². The summed E-state index contributed by atoms with van der Waals surface area (Å²) in [7, 11) is 0. The molecular formula is C12H13FO. The quantitative estimate of drug-likeness (QED) is 0.670. The molecule has 0 saturated carbocycles. The predicted molar refractivity (Wildman–Crippen MR) is 54.5 cm³/mol. The molecule has 0 amide bonds. The summed E-state index contributed by atoms with van der Waals surface area (Å²) in [6, 6.07) is 6.31. The number of carbonyl (C=O) groups excluding carboxylic acids is 1. The molecule has 0 aliphatic heterocycles. The van der Waals surface area contributed by atoms with Crippen molar-refractivity contribution in [2.24, 2.45) is 5.92 Å². The van der Waals surface area contributed by atoms with Gasteiger partial charge < -0.3 is 0 Å². The van der Waals surface area contributed by atoms with Gasteiger partial charge in [0.15, 0.2) is 5.78 Å². The Morgan fingerprint density at radius 1 is 1.64 bits per heavy atom. The number of hydrogen-bond acceptors (Lipinski definition) is 1. The highest BCUT2D eigenvalue weighted by atomic mass is 19.1. The number of carbonyl (C=O) groups is 1. The van der Waals surface area contributed by atoms with E-state index in [1.807, 2.05) is 13.0 Å². The van der Waals surface area contributed by atoms with Crippen LogP contribution in [-0.2, 0) is 11.2 Å². The van der Waals surface area contributed by atoms with E-state index in [0.717, 1.165) is 5.56 Å². The second kappa shape index (κ2) is 4.70. The molecule has 2 heteroatoms. The normalized spacial score (nSPS) is 12.1. The molecule has 0 spiro atoms. The number of allylic oxidation sites excluding steroid dienone is 1. The van der Waals surface area contributed by atoms with Crippen LogP contribution in [0.25, 0.3) is 0 Å². The largest absolute Gasteiger partial charge is 0.295 e. The number of rotatable bonds is 4. The minimum Gasteiger partial charge on any atom is -0.295 e. The molecule has 14 heavy (non-hydrogen) atoms. The average Bonchev–Trinajstić information content (AvgIpc) is 2.16. The minimum atomic E-state index is -0.263. The Bertz CT molecular complexity index is 344. The van der Waals surface area contributed by atoms with Crippen molar-refractivity contribution in [3.05, 3.63) is 48.3 Å². The first-order chi connectivity index (χ1) is 6.63. The molecule has 74 valence electrons. The predicted octanol–water partition coefficient (Wildman–Crippen LogP) is 2.76. The van der Waals surface area contributed by atoms with Crippen molar-refractivity contribution in [1.29, 1.82) is 0 Å². The Balaban J connectivity index is 2.69. The molecule has 1 rings (SSSR count). The molecule has 0 radical (unpaired) electrons. The molecule has 1 atom stereocenters. The van der Waals surface area contributed by atoms with E-state index in [-0.39, 0.29) is 17.5 Å². The zero-order valence-corrected chi connectivity index (χ0v) is 8.16. The van der Waals surface area contributed by atoms with Crippen LogP contribution in [-0.4, -0.2) is 5.78 Å². The van der Waals surface area contributed by atoms with Crippen molar-refractivity contribution >= 4 is 5.78 Å². The highest BCUT2D eigenvalue weighted by Gasteiger charge is 2.09. The van der Waals surface area contributed by atoms with E-state index >= 15 is 0 Å². The molecule has 1 aromatic carbocycles. The first kappa shape index (κ1) is 10.6. The molecule has 0 heterocycles. The van der Waals surface area contributed by atoms with Crippen LogP contribution in [0.4, 0.5) is 4.39 Å². The second-order valence-corrected chi connectivity index (χ2v) is 3.34. The summed E-state index contributed by atoms with van der Waals surface area (Å²) in [5.41, 5.74) is 0.840. The van der Waals surface area contributed by atoms with Gasteiger partial charge in [-0.1, -0.05) is 25.6 Å². The van der Waals surface area contributed by atoms with E-state index in [0.29, 0.717) is 6.42 Å². The van der Waals surface area contributed by atoms with Crippen LogP contribution in [0.2, 0.25) is 0 Å². The Kier molecular flexibility index (Phi) is 3.57. The van der Waals surface area contributed by atoms with Crippen molar-refractivity contribution in [2.75, 3.05) is 0 Å². The number of halogens is 1. The van der Waals surface area contributed by atoms with Crippen LogP contribution in [0.1, 0.15) is 12.5 Å². The van der Waals surface area contributed by atoms with E-state index in [1.165, 1.54) is 18.2 Å². The summed E-state index contributed by atoms with van der Waals surface area (Å²) in [5.74, 6) is -0.399. The molecule has 1 nitrogen and oxygen atoms in total. The molecule has 1 aromatic rings. The molecule has 0 N–H and O–H groups in total. The summed E-state index contributed by atoms with van der Waals surface area (Å²) >= 11 is 0. The van der Waals surface area contributed by atoms with Gasteiger partial charge in [0, 0.05) is 5.92 Å². The van der Waals surface area contributed by atoms with Crippen LogP contribution in [0, 0.1) is 11.7 Å². The van der Waals surface area contributed by atoms with Crippen LogP contribution < -0.4 is 0 Å². The van der Waals surface area contributed by atoms with Gasteiger partial charge in [-0.3, -0.25) is 4.79 Å². The summed E-state index contributed by atoms with van der Waals surface area (Å²) < 4.78 is 12.8. The molecule has 0 aromatic heterocycles. The maximum atomic E-state index is 12.8. The maximum Gasteiger partial charge on any atom is 0.158 e. The van der Waals surface area contributed by atoms with Gasteiger partial charge in [-0.05, 0) is 30.2 Å². The molecule has 0 bridgehead atoms. The summed E-state index contributed by atoms with van der Waals surface area (Å²) in [6.07, 6.45) is 1.87. The monoisotopic (exact) mass is 192 g/mol. The van der Waals surface area contributed by atoms with E-state index < -0.39 is 0 Å². The Labute approximate surface area is 83.3 Å². The summed E-state index contributed by atoms with van der Waals surface area (Å²) in [6.45, 7) is 5.23. The fourth-order valence-electron chi connectivity index (χ4n) is 1.32. The van der Waals surface area contributed by atoms with Gasteiger partial charge in [0.2, 0.25) is 0 Å². The summed E-state index contributed by atoms with van der Waals surface area (Å²) in [5, 5.41) is 0. The van der Waals surface area contributed by atoms with E-state index in [2.05, 4.69) is 6.58 Å². The van der Waals surface area contributed by atoms with Crippen molar-refractivity contribution in [3.8, 4) is 0 Å². The van der Waals surface area contributed by atoms with Crippen molar-refractivity contribution in [3.63, 3.8) is 0 Å². The first-order valence-corrected chi connectivity index (χ1v) is 4.54. The standard InChI is InChI=1S/C12H13FO/c1-3-12(14)9(2)7-10-5-4-6-11(13)8-10/h3-6,8-9H,1,7H2,2H3. The smallest absolute Gasteiger partial charge is 0.158 e. The first-order valence-electron chi connectivity index (χ1n) is 4.54. The van der Waals surface area contributed by atoms with Crippen LogP contribution in [0.3, 0.4) is 0 Å². The Morgan fingerprint density at radius 3 is 2.93 bits per heavy atom. The lowest BCUT2D eigenvalue weighted by Crippen LogP contribution is -2.10. The minimum absolute atomic E-state index is 0.00531. The lowest BCUT2D eigenvalue weighted by Gasteiger charge is -2.07. The zero-order valence-electron chi connectivity index (χ0n) is 8.16. The number of hydrogen-bond donors (Lipinski definition) is 0. The highest BCUT2D eigenvalue weighted by Crippen LogP contribution is 2.11. The SMILES string of the molecule is C=CC(=O)C(C)Cc1cccc(F)c1. The third-order valence-corrected chi connectivity index (χ3v) is 2.12. The van der Waals surface area contributed by atoms with Crippen LogP contribution in [0.5, 0.6) is 0 Å². The Morgan fingerprint density at radius 2 is 2.36 bits per heavy atom. The maximum absolute atomic E-state index is 12.8. The number of benzene rings is 1. The molecule has 0 aliphatic rings. The summed E-state index contributed by atoms with van der Waals surface area (Å²) in [4.78, 5) is 11.2. The van der Waals surface area contributed by atoms with E-state index in [4.69, 9.17) is 0 Å². The molecule has 1 unspecified atom stereocenters. The number of ketones is 1.